The Balaban J connectivity index is 1.56. The second-order valence-corrected chi connectivity index (χ2v) is 5.65. The number of nitrogens with one attached hydrogen (secondary N) is 2. The fourth-order valence-corrected chi connectivity index (χ4v) is 2.93. The monoisotopic (exact) mass is 309 g/mol. The summed E-state index contributed by atoms with van der Waals surface area (Å²) >= 11 is 0. The molecular weight excluding hydrogens is 290 g/mol. The molecule has 0 amide bonds. The quantitative estimate of drug-likeness (QED) is 0.776. The first-order chi connectivity index (χ1) is 11.4. The van der Waals surface area contributed by atoms with E-state index in [4.69, 9.17) is 4.74 Å². The van der Waals surface area contributed by atoms with Gasteiger partial charge in [0.05, 0.1) is 37.7 Å². The van der Waals surface area contributed by atoms with Crippen LogP contribution >= 0.6 is 0 Å². The molecule has 1 aliphatic heterocycles. The van der Waals surface area contributed by atoms with E-state index in [-0.39, 0.29) is 6.04 Å². The average Bonchev–Trinajstić information content (AvgIpc) is 3.28. The van der Waals surface area contributed by atoms with Crippen LogP contribution in [-0.2, 0) is 11.3 Å². The van der Waals surface area contributed by atoms with Gasteiger partial charge in [-0.05, 0) is 5.56 Å². The zero-order valence-electron chi connectivity index (χ0n) is 12.8. The number of hydrogen-bond acceptors (Lipinski definition) is 4. The summed E-state index contributed by atoms with van der Waals surface area (Å²) in [7, 11) is 0. The normalized spacial score (nSPS) is 19.0. The van der Waals surface area contributed by atoms with E-state index in [0.29, 0.717) is 6.61 Å². The molecule has 1 aliphatic rings. The van der Waals surface area contributed by atoms with Crippen LogP contribution in [0.5, 0.6) is 0 Å². The second kappa shape index (κ2) is 6.36. The van der Waals surface area contributed by atoms with Gasteiger partial charge in [0, 0.05) is 18.9 Å². The first-order valence-corrected chi connectivity index (χ1v) is 7.80. The number of nitrogens with zero attached hydrogens (tertiary/aromatic N) is 3. The minimum Gasteiger partial charge on any atom is -0.378 e. The van der Waals surface area contributed by atoms with Crippen molar-refractivity contribution in [2.24, 2.45) is 0 Å². The van der Waals surface area contributed by atoms with Gasteiger partial charge in [-0.25, -0.2) is 9.97 Å². The Morgan fingerprint density at radius 2 is 2.13 bits per heavy atom. The minimum absolute atomic E-state index is 0.117. The number of imidazole rings is 2. The zero-order chi connectivity index (χ0) is 15.5. The topological polar surface area (TPSA) is 69.8 Å². The molecule has 1 unspecified atom stereocenters. The van der Waals surface area contributed by atoms with Crippen molar-refractivity contribution in [3.8, 4) is 11.3 Å². The summed E-state index contributed by atoms with van der Waals surface area (Å²) in [5, 5.41) is 0. The summed E-state index contributed by atoms with van der Waals surface area (Å²) in [6.45, 7) is 3.01. The van der Waals surface area contributed by atoms with Crippen LogP contribution in [0.25, 0.3) is 11.3 Å². The summed E-state index contributed by atoms with van der Waals surface area (Å²) in [6.07, 6.45) is 5.53. The Morgan fingerprint density at radius 1 is 1.22 bits per heavy atom. The average molecular weight is 309 g/mol. The van der Waals surface area contributed by atoms with Crippen molar-refractivity contribution in [1.29, 1.82) is 0 Å². The van der Waals surface area contributed by atoms with Gasteiger partial charge >= 0.3 is 0 Å². The molecule has 0 saturated carbocycles. The molecule has 1 atom stereocenters. The molecule has 1 saturated heterocycles. The number of ether oxygens (including phenoxy) is 1. The maximum absolute atomic E-state index is 5.67. The first kappa shape index (κ1) is 14.2. The highest BCUT2D eigenvalue weighted by atomic mass is 16.5. The molecule has 0 spiro atoms. The summed E-state index contributed by atoms with van der Waals surface area (Å²) in [5.41, 5.74) is 2.17. The van der Waals surface area contributed by atoms with Gasteiger partial charge in [-0.3, -0.25) is 4.90 Å². The van der Waals surface area contributed by atoms with E-state index in [1.165, 1.54) is 0 Å². The van der Waals surface area contributed by atoms with Gasteiger partial charge in [-0.15, -0.1) is 0 Å². The van der Waals surface area contributed by atoms with Crippen LogP contribution in [-0.4, -0.2) is 44.6 Å². The van der Waals surface area contributed by atoms with Crippen LogP contribution in [0.2, 0.25) is 0 Å². The molecule has 118 valence electrons. The van der Waals surface area contributed by atoms with Crippen molar-refractivity contribution in [3.05, 3.63) is 60.6 Å². The van der Waals surface area contributed by atoms with Gasteiger partial charge in [-0.2, -0.15) is 0 Å². The highest BCUT2D eigenvalue weighted by molar-refractivity contribution is 5.58. The van der Waals surface area contributed by atoms with E-state index < -0.39 is 0 Å². The van der Waals surface area contributed by atoms with E-state index in [1.807, 2.05) is 30.6 Å². The Kier molecular flexibility index (Phi) is 3.92. The molecule has 0 radical (unpaired) electrons. The van der Waals surface area contributed by atoms with E-state index in [0.717, 1.165) is 42.6 Å². The number of aromatic nitrogens is 4. The van der Waals surface area contributed by atoms with Crippen molar-refractivity contribution >= 4 is 0 Å². The molecule has 4 rings (SSSR count). The Hall–Kier alpha value is -2.44. The van der Waals surface area contributed by atoms with E-state index in [1.54, 1.807) is 6.20 Å². The maximum Gasteiger partial charge on any atom is 0.126 e. The van der Waals surface area contributed by atoms with Crippen LogP contribution in [0.1, 0.15) is 17.7 Å². The van der Waals surface area contributed by atoms with Crippen LogP contribution in [0.4, 0.5) is 0 Å². The molecule has 2 N–H and O–H groups in total. The van der Waals surface area contributed by atoms with Crippen LogP contribution in [0.15, 0.2) is 48.9 Å². The lowest BCUT2D eigenvalue weighted by Gasteiger charge is -2.33. The highest BCUT2D eigenvalue weighted by Crippen LogP contribution is 2.25. The molecule has 6 heteroatoms. The lowest BCUT2D eigenvalue weighted by Crippen LogP contribution is -2.39. The standard InChI is InChI=1S/C17H19N5O/c1-2-4-13(5-3-1)14-10-20-17(21-14)15-12-23-9-8-22(15)11-16-18-6-7-19-16/h1-7,10,15H,8-9,11-12H2,(H,18,19)(H,20,21). The fraction of sp³-hybridized carbons (Fsp3) is 0.294. The van der Waals surface area contributed by atoms with Gasteiger partial charge in [0.2, 0.25) is 0 Å². The van der Waals surface area contributed by atoms with Gasteiger partial charge in [0.1, 0.15) is 11.6 Å². The predicted molar refractivity (Wildman–Crippen MR) is 86.6 cm³/mol. The molecule has 2 aromatic heterocycles. The van der Waals surface area contributed by atoms with Crippen molar-refractivity contribution < 1.29 is 4.74 Å². The number of morpholine rings is 1. The molecule has 3 heterocycles. The first-order valence-electron chi connectivity index (χ1n) is 7.80. The van der Waals surface area contributed by atoms with E-state index in [9.17, 15) is 0 Å². The van der Waals surface area contributed by atoms with Crippen LogP contribution in [0.3, 0.4) is 0 Å². The summed E-state index contributed by atoms with van der Waals surface area (Å²) in [6, 6.07) is 10.4. The molecule has 0 bridgehead atoms. The van der Waals surface area contributed by atoms with Gasteiger partial charge in [0.25, 0.3) is 0 Å². The lowest BCUT2D eigenvalue weighted by molar-refractivity contribution is -0.0166. The number of aromatic amines is 2. The number of hydrogen-bond donors (Lipinski definition) is 2. The van der Waals surface area contributed by atoms with Crippen molar-refractivity contribution in [2.75, 3.05) is 19.8 Å². The molecule has 23 heavy (non-hydrogen) atoms. The smallest absolute Gasteiger partial charge is 0.126 e. The van der Waals surface area contributed by atoms with Crippen molar-refractivity contribution in [3.63, 3.8) is 0 Å². The Labute approximate surface area is 134 Å². The van der Waals surface area contributed by atoms with Crippen molar-refractivity contribution in [2.45, 2.75) is 12.6 Å². The third kappa shape index (κ3) is 3.04. The Bertz CT molecular complexity index is 737. The summed E-state index contributed by atoms with van der Waals surface area (Å²) < 4.78 is 5.67. The van der Waals surface area contributed by atoms with Gasteiger partial charge in [-0.1, -0.05) is 30.3 Å². The zero-order valence-corrected chi connectivity index (χ0v) is 12.8. The predicted octanol–water partition coefficient (Wildman–Crippen LogP) is 2.37. The molecular formula is C17H19N5O. The number of benzene rings is 1. The van der Waals surface area contributed by atoms with Crippen LogP contribution in [0, 0.1) is 0 Å². The van der Waals surface area contributed by atoms with Crippen molar-refractivity contribution in [1.82, 2.24) is 24.8 Å². The largest absolute Gasteiger partial charge is 0.378 e. The second-order valence-electron chi connectivity index (χ2n) is 5.65. The molecule has 3 aromatic rings. The summed E-state index contributed by atoms with van der Waals surface area (Å²) in [4.78, 5) is 17.9. The molecule has 1 fully saturated rings. The fourth-order valence-electron chi connectivity index (χ4n) is 2.93. The maximum atomic E-state index is 5.67. The van der Waals surface area contributed by atoms with Gasteiger partial charge in [0.15, 0.2) is 0 Å². The third-order valence-corrected chi connectivity index (χ3v) is 4.14. The molecule has 0 aliphatic carbocycles. The number of rotatable bonds is 4. The minimum atomic E-state index is 0.117. The summed E-state index contributed by atoms with van der Waals surface area (Å²) in [5.74, 6) is 1.90. The van der Waals surface area contributed by atoms with Gasteiger partial charge < -0.3 is 14.7 Å². The Morgan fingerprint density at radius 3 is 2.96 bits per heavy atom. The van der Waals surface area contributed by atoms with Crippen LogP contribution < -0.4 is 0 Å². The van der Waals surface area contributed by atoms with E-state index >= 15 is 0 Å². The third-order valence-electron chi connectivity index (χ3n) is 4.14. The molecule has 1 aromatic carbocycles. The lowest BCUT2D eigenvalue weighted by atomic mass is 10.2. The highest BCUT2D eigenvalue weighted by Gasteiger charge is 2.27. The molecule has 6 nitrogen and oxygen atoms in total. The van der Waals surface area contributed by atoms with E-state index in [2.05, 4.69) is 37.0 Å². The SMILES string of the molecule is c1ccc(-c2cnc(C3COCCN3Cc3ncc[nH]3)[nH]2)cc1. The number of H-pyrrole nitrogens is 2.